The molecule has 78 valence electrons. The summed E-state index contributed by atoms with van der Waals surface area (Å²) in [5.74, 6) is 0. The van der Waals surface area contributed by atoms with E-state index in [0.717, 1.165) is 25.1 Å². The Labute approximate surface area is 86.4 Å². The van der Waals surface area contributed by atoms with E-state index in [4.69, 9.17) is 15.2 Å². The van der Waals surface area contributed by atoms with Crippen molar-refractivity contribution in [3.05, 3.63) is 5.69 Å². The van der Waals surface area contributed by atoms with Crippen molar-refractivity contribution in [2.75, 3.05) is 18.9 Å². The van der Waals surface area contributed by atoms with Gasteiger partial charge in [-0.1, -0.05) is 4.49 Å². The molecule has 1 aliphatic rings. The third kappa shape index (κ3) is 2.40. The maximum atomic E-state index is 5.62. The van der Waals surface area contributed by atoms with Crippen LogP contribution in [-0.2, 0) is 16.1 Å². The van der Waals surface area contributed by atoms with Gasteiger partial charge in [-0.2, -0.15) is 0 Å². The number of ether oxygens (including phenoxy) is 2. The summed E-state index contributed by atoms with van der Waals surface area (Å²) < 4.78 is 14.6. The molecular formula is C8H13N3O2S. The maximum absolute atomic E-state index is 5.62. The molecule has 0 spiro atoms. The van der Waals surface area contributed by atoms with Crippen LogP contribution in [0.5, 0.6) is 0 Å². The van der Waals surface area contributed by atoms with Crippen molar-refractivity contribution in [2.24, 2.45) is 0 Å². The van der Waals surface area contributed by atoms with Crippen molar-refractivity contribution >= 4 is 16.5 Å². The van der Waals surface area contributed by atoms with E-state index in [9.17, 15) is 0 Å². The van der Waals surface area contributed by atoms with Crippen LogP contribution in [0.15, 0.2) is 0 Å². The molecule has 1 unspecified atom stereocenters. The fraction of sp³-hybridized carbons (Fsp3) is 0.750. The van der Waals surface area contributed by atoms with Crippen molar-refractivity contribution in [2.45, 2.75) is 25.6 Å². The molecule has 0 bridgehead atoms. The third-order valence-electron chi connectivity index (χ3n) is 2.15. The van der Waals surface area contributed by atoms with E-state index < -0.39 is 0 Å². The van der Waals surface area contributed by atoms with Gasteiger partial charge in [0.15, 0.2) is 0 Å². The summed E-state index contributed by atoms with van der Waals surface area (Å²) in [4.78, 5) is 0. The van der Waals surface area contributed by atoms with Crippen LogP contribution in [-0.4, -0.2) is 28.9 Å². The average molecular weight is 215 g/mol. The quantitative estimate of drug-likeness (QED) is 0.805. The second-order valence-electron chi connectivity index (χ2n) is 3.23. The van der Waals surface area contributed by atoms with Crippen molar-refractivity contribution < 1.29 is 9.47 Å². The minimum Gasteiger partial charge on any atom is -0.388 e. The number of anilines is 1. The molecule has 2 heterocycles. The number of nitrogen functional groups attached to an aromatic ring is 1. The number of hydrogen-bond donors (Lipinski definition) is 1. The van der Waals surface area contributed by atoms with Gasteiger partial charge in [0.05, 0.1) is 19.3 Å². The van der Waals surface area contributed by atoms with Gasteiger partial charge in [-0.3, -0.25) is 0 Å². The van der Waals surface area contributed by atoms with Crippen molar-refractivity contribution in [1.29, 1.82) is 0 Å². The summed E-state index contributed by atoms with van der Waals surface area (Å²) in [6.45, 7) is 1.91. The van der Waals surface area contributed by atoms with Crippen molar-refractivity contribution in [3.8, 4) is 0 Å². The van der Waals surface area contributed by atoms with Crippen LogP contribution in [0.3, 0.4) is 0 Å². The molecule has 2 rings (SSSR count). The van der Waals surface area contributed by atoms with Crippen LogP contribution in [0, 0.1) is 0 Å². The normalized spacial score (nSPS) is 21.6. The summed E-state index contributed by atoms with van der Waals surface area (Å²) in [7, 11) is 0. The molecule has 0 saturated carbocycles. The van der Waals surface area contributed by atoms with Gasteiger partial charge in [0, 0.05) is 18.1 Å². The molecule has 1 atom stereocenters. The van der Waals surface area contributed by atoms with E-state index >= 15 is 0 Å². The minimum absolute atomic E-state index is 0.253. The molecular weight excluding hydrogens is 202 g/mol. The number of hydrogen-bond acceptors (Lipinski definition) is 6. The van der Waals surface area contributed by atoms with E-state index in [1.54, 1.807) is 0 Å². The highest BCUT2D eigenvalue weighted by Crippen LogP contribution is 2.15. The number of nitrogens with two attached hydrogens (primary N) is 1. The van der Waals surface area contributed by atoms with Crippen LogP contribution in [0.25, 0.3) is 0 Å². The standard InChI is InChI=1S/C8H13N3O2S/c9-8-7(10-11-14-8)5-12-4-6-2-1-3-13-6/h6H,1-5,9H2. The lowest BCUT2D eigenvalue weighted by Crippen LogP contribution is -2.14. The van der Waals surface area contributed by atoms with Crippen LogP contribution in [0.4, 0.5) is 5.00 Å². The highest BCUT2D eigenvalue weighted by atomic mass is 32.1. The van der Waals surface area contributed by atoms with Gasteiger partial charge < -0.3 is 15.2 Å². The molecule has 0 aliphatic carbocycles. The highest BCUT2D eigenvalue weighted by Gasteiger charge is 2.15. The summed E-state index contributed by atoms with van der Waals surface area (Å²) in [5, 5.41) is 4.49. The van der Waals surface area contributed by atoms with E-state index in [2.05, 4.69) is 9.59 Å². The van der Waals surface area contributed by atoms with Crippen LogP contribution < -0.4 is 5.73 Å². The molecule has 0 amide bonds. The second-order valence-corrected chi connectivity index (χ2v) is 4.02. The first kappa shape index (κ1) is 9.82. The Morgan fingerprint density at radius 1 is 1.64 bits per heavy atom. The van der Waals surface area contributed by atoms with E-state index in [1.807, 2.05) is 0 Å². The number of rotatable bonds is 4. The predicted octanol–water partition coefficient (Wildman–Crippen LogP) is 0.816. The van der Waals surface area contributed by atoms with E-state index in [-0.39, 0.29) is 6.10 Å². The molecule has 1 aromatic rings. The molecule has 1 aliphatic heterocycles. The van der Waals surface area contributed by atoms with Crippen molar-refractivity contribution in [3.63, 3.8) is 0 Å². The summed E-state index contributed by atoms with van der Waals surface area (Å²) in [5.41, 5.74) is 6.35. The fourth-order valence-corrected chi connectivity index (χ4v) is 1.81. The minimum atomic E-state index is 0.253. The smallest absolute Gasteiger partial charge is 0.133 e. The summed E-state index contributed by atoms with van der Waals surface area (Å²) in [6, 6.07) is 0. The highest BCUT2D eigenvalue weighted by molar-refractivity contribution is 7.09. The SMILES string of the molecule is Nc1snnc1COCC1CCCO1. The third-order valence-corrected chi connectivity index (χ3v) is 2.75. The Morgan fingerprint density at radius 2 is 2.57 bits per heavy atom. The van der Waals surface area contributed by atoms with Gasteiger partial charge in [-0.05, 0) is 12.8 Å². The van der Waals surface area contributed by atoms with Gasteiger partial charge in [-0.25, -0.2) is 0 Å². The van der Waals surface area contributed by atoms with Gasteiger partial charge in [0.25, 0.3) is 0 Å². The predicted molar refractivity (Wildman–Crippen MR) is 53.0 cm³/mol. The topological polar surface area (TPSA) is 70.3 Å². The Morgan fingerprint density at radius 3 is 3.21 bits per heavy atom. The zero-order chi connectivity index (χ0) is 9.80. The first-order valence-corrected chi connectivity index (χ1v) is 5.39. The molecule has 0 aromatic carbocycles. The molecule has 2 N–H and O–H groups in total. The second kappa shape index (κ2) is 4.68. The van der Waals surface area contributed by atoms with Gasteiger partial charge >= 0.3 is 0 Å². The van der Waals surface area contributed by atoms with Crippen LogP contribution in [0.1, 0.15) is 18.5 Å². The molecule has 5 nitrogen and oxygen atoms in total. The maximum Gasteiger partial charge on any atom is 0.133 e. The van der Waals surface area contributed by atoms with Crippen LogP contribution in [0.2, 0.25) is 0 Å². The van der Waals surface area contributed by atoms with E-state index in [1.165, 1.54) is 11.5 Å². The molecule has 1 aromatic heterocycles. The number of aromatic nitrogens is 2. The average Bonchev–Trinajstić information content (AvgIpc) is 2.78. The van der Waals surface area contributed by atoms with Gasteiger partial charge in [-0.15, -0.1) is 5.10 Å². The Balaban J connectivity index is 1.70. The lowest BCUT2D eigenvalue weighted by atomic mass is 10.2. The zero-order valence-corrected chi connectivity index (χ0v) is 8.63. The van der Waals surface area contributed by atoms with Crippen molar-refractivity contribution in [1.82, 2.24) is 9.59 Å². The zero-order valence-electron chi connectivity index (χ0n) is 7.81. The lowest BCUT2D eigenvalue weighted by Gasteiger charge is -2.08. The van der Waals surface area contributed by atoms with E-state index in [0.29, 0.717) is 18.2 Å². The monoisotopic (exact) mass is 215 g/mol. The Hall–Kier alpha value is -0.720. The summed E-state index contributed by atoms with van der Waals surface area (Å²) in [6.07, 6.45) is 2.47. The first-order valence-electron chi connectivity index (χ1n) is 4.62. The molecule has 1 fully saturated rings. The fourth-order valence-electron chi connectivity index (χ4n) is 1.38. The molecule has 6 heteroatoms. The van der Waals surface area contributed by atoms with Gasteiger partial charge in [0.1, 0.15) is 10.7 Å². The first-order chi connectivity index (χ1) is 6.86. The molecule has 0 radical (unpaired) electrons. The lowest BCUT2D eigenvalue weighted by molar-refractivity contribution is 0.00980. The summed E-state index contributed by atoms with van der Waals surface area (Å²) >= 11 is 1.19. The Bertz CT molecular complexity index is 286. The van der Waals surface area contributed by atoms with Crippen LogP contribution >= 0.6 is 11.5 Å². The van der Waals surface area contributed by atoms with Gasteiger partial charge in [0.2, 0.25) is 0 Å². The number of nitrogens with zero attached hydrogens (tertiary/aromatic N) is 2. The molecule has 1 saturated heterocycles. The largest absolute Gasteiger partial charge is 0.388 e. The Kier molecular flexibility index (Phi) is 3.28. The molecule has 14 heavy (non-hydrogen) atoms.